The van der Waals surface area contributed by atoms with Crippen LogP contribution in [0.1, 0.15) is 11.1 Å². The molecular weight excluding hydrogens is 365 g/mol. The van der Waals surface area contributed by atoms with Gasteiger partial charge in [0.15, 0.2) is 11.5 Å². The van der Waals surface area contributed by atoms with Crippen LogP contribution in [0.25, 0.3) is 0 Å². The van der Waals surface area contributed by atoms with Gasteiger partial charge in [-0.05, 0) is 35.4 Å². The van der Waals surface area contributed by atoms with Crippen LogP contribution in [-0.2, 0) is 17.1 Å². The monoisotopic (exact) mass is 381 g/mol. The number of fused-ring (bicyclic) bond motifs is 1. The zero-order valence-electron chi connectivity index (χ0n) is 13.4. The summed E-state index contributed by atoms with van der Waals surface area (Å²) in [7, 11) is 0. The molecule has 1 amide bonds. The quantitative estimate of drug-likeness (QED) is 0.826. The Balaban J connectivity index is 1.45. The summed E-state index contributed by atoms with van der Waals surface area (Å²) < 4.78 is 23.9. The van der Waals surface area contributed by atoms with E-state index < -0.39 is 0 Å². The number of thioether (sulfide) groups is 1. The Morgan fingerprint density at radius 1 is 1.16 bits per heavy atom. The SMILES string of the molecule is O=C(CSCc1cc(Cl)c2c(c1)OCCO2)NCc1ccc(F)cc1. The lowest BCUT2D eigenvalue weighted by molar-refractivity contribution is -0.118. The van der Waals surface area contributed by atoms with Crippen LogP contribution in [0.2, 0.25) is 5.02 Å². The molecule has 0 atom stereocenters. The van der Waals surface area contributed by atoms with Gasteiger partial charge in [-0.25, -0.2) is 4.39 Å². The Bertz CT molecular complexity index is 755. The second kappa shape index (κ2) is 8.45. The second-order valence-electron chi connectivity index (χ2n) is 5.50. The largest absolute Gasteiger partial charge is 0.486 e. The Morgan fingerprint density at radius 3 is 2.72 bits per heavy atom. The summed E-state index contributed by atoms with van der Waals surface area (Å²) in [6, 6.07) is 9.78. The zero-order chi connectivity index (χ0) is 17.6. The molecule has 0 aromatic heterocycles. The molecule has 7 heteroatoms. The van der Waals surface area contributed by atoms with Crippen LogP contribution in [0.15, 0.2) is 36.4 Å². The van der Waals surface area contributed by atoms with Crippen LogP contribution in [0.4, 0.5) is 4.39 Å². The van der Waals surface area contributed by atoms with E-state index in [9.17, 15) is 9.18 Å². The molecule has 0 saturated heterocycles. The van der Waals surface area contributed by atoms with Crippen molar-refractivity contribution in [3.8, 4) is 11.5 Å². The van der Waals surface area contributed by atoms with Crippen molar-refractivity contribution in [1.29, 1.82) is 0 Å². The number of benzene rings is 2. The van der Waals surface area contributed by atoms with Crippen LogP contribution in [0.5, 0.6) is 11.5 Å². The van der Waals surface area contributed by atoms with Gasteiger partial charge in [-0.2, -0.15) is 0 Å². The summed E-state index contributed by atoms with van der Waals surface area (Å²) in [5.41, 5.74) is 1.84. The molecule has 4 nitrogen and oxygen atoms in total. The molecule has 0 unspecified atom stereocenters. The van der Waals surface area contributed by atoms with E-state index in [1.165, 1.54) is 23.9 Å². The van der Waals surface area contributed by atoms with Crippen molar-refractivity contribution in [2.75, 3.05) is 19.0 Å². The highest BCUT2D eigenvalue weighted by Gasteiger charge is 2.16. The van der Waals surface area contributed by atoms with Crippen molar-refractivity contribution in [3.63, 3.8) is 0 Å². The van der Waals surface area contributed by atoms with Crippen molar-refractivity contribution in [3.05, 3.63) is 58.4 Å². The van der Waals surface area contributed by atoms with Crippen LogP contribution in [-0.4, -0.2) is 24.9 Å². The minimum atomic E-state index is -0.288. The summed E-state index contributed by atoms with van der Waals surface area (Å²) in [6.07, 6.45) is 0. The first-order valence-corrected chi connectivity index (χ1v) is 9.32. The average Bonchev–Trinajstić information content (AvgIpc) is 2.61. The van der Waals surface area contributed by atoms with Crippen molar-refractivity contribution >= 4 is 29.3 Å². The van der Waals surface area contributed by atoms with Gasteiger partial charge in [0.25, 0.3) is 0 Å². The molecule has 0 bridgehead atoms. The number of halogens is 2. The average molecular weight is 382 g/mol. The van der Waals surface area contributed by atoms with E-state index >= 15 is 0 Å². The van der Waals surface area contributed by atoms with Crippen LogP contribution in [0.3, 0.4) is 0 Å². The van der Waals surface area contributed by atoms with E-state index in [4.69, 9.17) is 21.1 Å². The number of hydrogen-bond donors (Lipinski definition) is 1. The van der Waals surface area contributed by atoms with E-state index in [1.807, 2.05) is 12.1 Å². The van der Waals surface area contributed by atoms with Gasteiger partial charge in [0.1, 0.15) is 19.0 Å². The van der Waals surface area contributed by atoms with Crippen molar-refractivity contribution in [2.24, 2.45) is 0 Å². The summed E-state index contributed by atoms with van der Waals surface area (Å²) in [6.45, 7) is 1.39. The van der Waals surface area contributed by atoms with Gasteiger partial charge in [0.05, 0.1) is 10.8 Å². The predicted molar refractivity (Wildman–Crippen MR) is 96.9 cm³/mol. The number of amides is 1. The maximum Gasteiger partial charge on any atom is 0.230 e. The molecule has 0 spiro atoms. The molecule has 0 aliphatic carbocycles. The normalized spacial score (nSPS) is 12.7. The van der Waals surface area contributed by atoms with Gasteiger partial charge < -0.3 is 14.8 Å². The van der Waals surface area contributed by atoms with Crippen LogP contribution < -0.4 is 14.8 Å². The fraction of sp³-hybridized carbons (Fsp3) is 0.278. The fourth-order valence-corrected chi connectivity index (χ4v) is 3.44. The minimum absolute atomic E-state index is 0.0713. The Morgan fingerprint density at radius 2 is 1.92 bits per heavy atom. The van der Waals surface area contributed by atoms with E-state index in [2.05, 4.69) is 5.32 Å². The first kappa shape index (κ1) is 17.9. The number of rotatable bonds is 6. The molecule has 0 fully saturated rings. The van der Waals surface area contributed by atoms with Gasteiger partial charge in [0, 0.05) is 12.3 Å². The number of carbonyl (C=O) groups is 1. The molecule has 132 valence electrons. The third-order valence-corrected chi connectivity index (χ3v) is 4.85. The first-order valence-electron chi connectivity index (χ1n) is 7.79. The third kappa shape index (κ3) is 5.03. The van der Waals surface area contributed by atoms with Crippen LogP contribution in [0, 0.1) is 5.82 Å². The first-order chi connectivity index (χ1) is 12.1. The highest BCUT2D eigenvalue weighted by atomic mass is 35.5. The second-order valence-corrected chi connectivity index (χ2v) is 6.89. The summed E-state index contributed by atoms with van der Waals surface area (Å²) in [5.74, 6) is 1.84. The Kier molecular flexibility index (Phi) is 6.04. The topological polar surface area (TPSA) is 47.6 Å². The van der Waals surface area contributed by atoms with E-state index in [-0.39, 0.29) is 11.7 Å². The van der Waals surface area contributed by atoms with Gasteiger partial charge in [-0.3, -0.25) is 4.79 Å². The molecule has 0 radical (unpaired) electrons. The molecule has 1 N–H and O–H groups in total. The Hall–Kier alpha value is -1.92. The van der Waals surface area contributed by atoms with Gasteiger partial charge in [0.2, 0.25) is 5.91 Å². The summed E-state index contributed by atoms with van der Waals surface area (Å²) in [4.78, 5) is 11.9. The number of ether oxygens (including phenoxy) is 2. The molecular formula is C18H17ClFNO3S. The molecule has 3 rings (SSSR count). The zero-order valence-corrected chi connectivity index (χ0v) is 15.0. The predicted octanol–water partition coefficient (Wildman–Crippen LogP) is 3.80. The van der Waals surface area contributed by atoms with Gasteiger partial charge in [-0.15, -0.1) is 11.8 Å². The lowest BCUT2D eigenvalue weighted by Crippen LogP contribution is -2.24. The highest BCUT2D eigenvalue weighted by molar-refractivity contribution is 7.99. The van der Waals surface area contributed by atoms with Crippen molar-refractivity contribution < 1.29 is 18.7 Å². The summed E-state index contributed by atoms with van der Waals surface area (Å²) in [5, 5.41) is 3.33. The lowest BCUT2D eigenvalue weighted by Gasteiger charge is -2.20. The van der Waals surface area contributed by atoms with E-state index in [0.29, 0.717) is 47.8 Å². The van der Waals surface area contributed by atoms with Crippen LogP contribution >= 0.6 is 23.4 Å². The lowest BCUT2D eigenvalue weighted by atomic mass is 10.2. The highest BCUT2D eigenvalue weighted by Crippen LogP contribution is 2.39. The molecule has 25 heavy (non-hydrogen) atoms. The molecule has 1 aliphatic rings. The number of carbonyl (C=O) groups excluding carboxylic acids is 1. The molecule has 2 aromatic rings. The number of nitrogens with one attached hydrogen (secondary N) is 1. The van der Waals surface area contributed by atoms with Crippen molar-refractivity contribution in [1.82, 2.24) is 5.32 Å². The van der Waals surface area contributed by atoms with E-state index in [1.54, 1.807) is 12.1 Å². The summed E-state index contributed by atoms with van der Waals surface area (Å²) >= 11 is 7.68. The van der Waals surface area contributed by atoms with E-state index in [0.717, 1.165) is 11.1 Å². The maximum absolute atomic E-state index is 12.8. The smallest absolute Gasteiger partial charge is 0.230 e. The maximum atomic E-state index is 12.8. The minimum Gasteiger partial charge on any atom is -0.486 e. The molecule has 1 heterocycles. The third-order valence-electron chi connectivity index (χ3n) is 3.56. The molecule has 1 aliphatic heterocycles. The molecule has 0 saturated carbocycles. The molecule has 2 aromatic carbocycles. The fourth-order valence-electron chi connectivity index (χ4n) is 2.36. The Labute approximate surface area is 154 Å². The van der Waals surface area contributed by atoms with Gasteiger partial charge in [-0.1, -0.05) is 23.7 Å². The van der Waals surface area contributed by atoms with Crippen molar-refractivity contribution in [2.45, 2.75) is 12.3 Å². The standard InChI is InChI=1S/C18H17ClFNO3S/c19-15-7-13(8-16-18(15)24-6-5-23-16)10-25-11-17(22)21-9-12-1-3-14(20)4-2-12/h1-4,7-8H,5-6,9-11H2,(H,21,22). The van der Waals surface area contributed by atoms with Gasteiger partial charge >= 0.3 is 0 Å². The number of hydrogen-bond acceptors (Lipinski definition) is 4.